The van der Waals surface area contributed by atoms with Gasteiger partial charge in [-0.3, -0.25) is 18.1 Å². The fraction of sp³-hybridized carbons (Fsp3) is 0.792. The van der Waals surface area contributed by atoms with Gasteiger partial charge in [-0.15, -0.1) is 0 Å². The Morgan fingerprint density at radius 3 is 2.19 bits per heavy atom. The van der Waals surface area contributed by atoms with Crippen LogP contribution in [0.4, 0.5) is 5.82 Å². The van der Waals surface area contributed by atoms with Crippen LogP contribution in [-0.2, 0) is 27.3 Å². The first kappa shape index (κ1) is 30.1. The molecule has 0 radical (unpaired) electrons. The van der Waals surface area contributed by atoms with E-state index in [0.717, 1.165) is 0 Å². The Morgan fingerprint density at radius 1 is 1.05 bits per heavy atom. The summed E-state index contributed by atoms with van der Waals surface area (Å²) in [6.07, 6.45) is 2.28. The van der Waals surface area contributed by atoms with Crippen LogP contribution in [0, 0.1) is 0 Å². The van der Waals surface area contributed by atoms with Crippen molar-refractivity contribution in [3.8, 4) is 0 Å². The van der Waals surface area contributed by atoms with Gasteiger partial charge in [0.05, 0.1) is 36.3 Å². The summed E-state index contributed by atoms with van der Waals surface area (Å²) in [4.78, 5) is 12.8. The van der Waals surface area contributed by atoms with E-state index in [4.69, 9.17) is 28.5 Å². The molecule has 1 saturated heterocycles. The molecule has 0 aromatic carbocycles. The molecule has 1 aliphatic rings. The summed E-state index contributed by atoms with van der Waals surface area (Å²) in [6, 6.07) is 0. The zero-order chi connectivity index (χ0) is 28.0. The lowest BCUT2D eigenvalue weighted by Crippen LogP contribution is -2.45. The van der Waals surface area contributed by atoms with Gasteiger partial charge < -0.3 is 14.9 Å². The number of ether oxygens (including phenoxy) is 1. The topological polar surface area (TPSA) is 133 Å². The number of nitrogen functional groups attached to an aromatic ring is 1. The zero-order valence-electron chi connectivity index (χ0n) is 24.1. The third-order valence-electron chi connectivity index (χ3n) is 6.25. The molecule has 0 aliphatic carbocycles. The van der Waals surface area contributed by atoms with E-state index in [0.29, 0.717) is 23.4 Å². The van der Waals surface area contributed by atoms with E-state index >= 15 is 0 Å². The number of imidazole rings is 1. The van der Waals surface area contributed by atoms with Gasteiger partial charge in [0.25, 0.3) is 0 Å². The minimum absolute atomic E-state index is 0.00104. The summed E-state index contributed by atoms with van der Waals surface area (Å²) in [5.41, 5.74) is 5.60. The monoisotopic (exact) mass is 557 g/mol. The van der Waals surface area contributed by atoms with E-state index in [-0.39, 0.29) is 17.7 Å². The van der Waals surface area contributed by atoms with Gasteiger partial charge in [0.2, 0.25) is 0 Å². The summed E-state index contributed by atoms with van der Waals surface area (Å²) in [5, 5.41) is -0.00740. The molecule has 1 aliphatic heterocycles. The molecule has 210 valence electrons. The van der Waals surface area contributed by atoms with Gasteiger partial charge in [-0.25, -0.2) is 19.5 Å². The van der Waals surface area contributed by atoms with Crippen molar-refractivity contribution >= 4 is 33.1 Å². The first-order chi connectivity index (χ1) is 16.7. The zero-order valence-corrected chi connectivity index (χ0v) is 26.0. The number of fused-ring (bicyclic) bond motifs is 1. The number of aromatic nitrogens is 4. The molecule has 11 nitrogen and oxygen atoms in total. The second kappa shape index (κ2) is 10.3. The molecular formula is C24H44N5O6PSi. The Kier molecular flexibility index (Phi) is 8.38. The number of hydrogen-bond acceptors (Lipinski definition) is 10. The van der Waals surface area contributed by atoms with Crippen LogP contribution in [0.3, 0.4) is 0 Å². The van der Waals surface area contributed by atoms with Crippen molar-refractivity contribution in [3.05, 3.63) is 12.7 Å². The number of phosphoric acid groups is 1. The van der Waals surface area contributed by atoms with E-state index < -0.39 is 39.7 Å². The molecule has 0 saturated carbocycles. The quantitative estimate of drug-likeness (QED) is 0.312. The van der Waals surface area contributed by atoms with Crippen LogP contribution in [0.2, 0.25) is 18.1 Å². The summed E-state index contributed by atoms with van der Waals surface area (Å²) in [5.74, 6) is 0.295. The highest BCUT2D eigenvalue weighted by molar-refractivity contribution is 7.48. The van der Waals surface area contributed by atoms with Crippen LogP contribution in [0.25, 0.3) is 11.2 Å². The van der Waals surface area contributed by atoms with E-state index in [1.165, 1.54) is 6.33 Å². The molecule has 0 spiro atoms. The summed E-state index contributed by atoms with van der Waals surface area (Å²) in [7, 11) is -6.07. The molecule has 3 rings (SSSR count). The van der Waals surface area contributed by atoms with E-state index in [2.05, 4.69) is 48.8 Å². The number of anilines is 1. The number of nitrogens with two attached hydrogens (primary N) is 1. The standard InChI is InChI=1S/C24H44N5O6PSi/c1-22(2,3)34-36(30,35-23(4,5)6)31-13-16-12-17(33-37(10,11)24(7,8)9)21(32-16)29-15-28-18-19(25)26-14-27-20(18)29/h14-17,21H,12-13H2,1-11H3,(H2,25,26,27)/t16?,17-,21-/m1/s1. The fourth-order valence-electron chi connectivity index (χ4n) is 3.70. The highest BCUT2D eigenvalue weighted by Gasteiger charge is 2.47. The van der Waals surface area contributed by atoms with E-state index in [1.807, 2.05) is 4.57 Å². The Labute approximate surface area is 221 Å². The summed E-state index contributed by atoms with van der Waals surface area (Å²) >= 11 is 0. The van der Waals surface area contributed by atoms with Crippen LogP contribution in [-0.4, -0.2) is 57.9 Å². The van der Waals surface area contributed by atoms with Crippen molar-refractivity contribution in [1.29, 1.82) is 0 Å². The second-order valence-electron chi connectivity index (χ2n) is 13.0. The molecule has 37 heavy (non-hydrogen) atoms. The average Bonchev–Trinajstić information content (AvgIpc) is 3.27. The SMILES string of the molecule is CC(C)(C)OP(=O)(OCC1C[C@@H](O[Si](C)(C)C(C)(C)C)[C@H](n2cnc3c(N)ncnc32)O1)OC(C)(C)C. The predicted octanol–water partition coefficient (Wildman–Crippen LogP) is 5.84. The molecule has 0 amide bonds. The lowest BCUT2D eigenvalue weighted by atomic mass is 10.2. The molecule has 0 bridgehead atoms. The maximum Gasteiger partial charge on any atom is 0.475 e. The maximum absolute atomic E-state index is 13.6. The van der Waals surface area contributed by atoms with Crippen molar-refractivity contribution in [2.24, 2.45) is 0 Å². The second-order valence-corrected chi connectivity index (χ2v) is 19.3. The molecule has 2 aromatic rings. The van der Waals surface area contributed by atoms with Crippen molar-refractivity contribution in [1.82, 2.24) is 19.5 Å². The highest BCUT2D eigenvalue weighted by Crippen LogP contribution is 2.56. The van der Waals surface area contributed by atoms with E-state index in [9.17, 15) is 4.57 Å². The fourth-order valence-corrected chi connectivity index (χ4v) is 6.86. The number of hydrogen-bond donors (Lipinski definition) is 1. The van der Waals surface area contributed by atoms with Crippen LogP contribution >= 0.6 is 7.82 Å². The van der Waals surface area contributed by atoms with Crippen molar-refractivity contribution < 1.29 is 27.3 Å². The van der Waals surface area contributed by atoms with Crippen LogP contribution < -0.4 is 5.73 Å². The van der Waals surface area contributed by atoms with Gasteiger partial charge in [-0.05, 0) is 59.7 Å². The van der Waals surface area contributed by atoms with Crippen LogP contribution in [0.15, 0.2) is 12.7 Å². The number of phosphoric ester groups is 1. The molecular weight excluding hydrogens is 513 g/mol. The Hall–Kier alpha value is -1.40. The molecule has 1 fully saturated rings. The van der Waals surface area contributed by atoms with Gasteiger partial charge in [0.1, 0.15) is 11.8 Å². The molecule has 2 N–H and O–H groups in total. The summed E-state index contributed by atoms with van der Waals surface area (Å²) < 4.78 is 46.0. The van der Waals surface area contributed by atoms with Crippen molar-refractivity contribution in [2.45, 2.75) is 117 Å². The minimum atomic E-state index is -3.90. The normalized spacial score (nSPS) is 22.2. The third-order valence-corrected chi connectivity index (χ3v) is 12.8. The average molecular weight is 558 g/mol. The maximum atomic E-state index is 13.6. The largest absolute Gasteiger partial charge is 0.475 e. The lowest BCUT2D eigenvalue weighted by molar-refractivity contribution is -0.0555. The van der Waals surface area contributed by atoms with E-state index in [1.54, 1.807) is 47.9 Å². The minimum Gasteiger partial charge on any atom is -0.409 e. The highest BCUT2D eigenvalue weighted by atomic mass is 31.2. The Bertz CT molecular complexity index is 1120. The molecule has 3 atom stereocenters. The molecule has 1 unspecified atom stereocenters. The Balaban J connectivity index is 1.88. The van der Waals surface area contributed by atoms with Gasteiger partial charge >= 0.3 is 7.82 Å². The predicted molar refractivity (Wildman–Crippen MR) is 146 cm³/mol. The molecule has 3 heterocycles. The first-order valence-electron chi connectivity index (χ1n) is 12.6. The van der Waals surface area contributed by atoms with Crippen LogP contribution in [0.5, 0.6) is 0 Å². The lowest BCUT2D eigenvalue weighted by Gasteiger charge is -2.39. The molecule has 2 aromatic heterocycles. The third kappa shape index (κ3) is 7.59. The van der Waals surface area contributed by atoms with Gasteiger partial charge in [-0.2, -0.15) is 0 Å². The Morgan fingerprint density at radius 2 is 1.65 bits per heavy atom. The van der Waals surface area contributed by atoms with Crippen molar-refractivity contribution in [3.63, 3.8) is 0 Å². The van der Waals surface area contributed by atoms with Crippen LogP contribution in [0.1, 0.15) is 75.0 Å². The van der Waals surface area contributed by atoms with Crippen molar-refractivity contribution in [2.75, 3.05) is 12.3 Å². The smallest absolute Gasteiger partial charge is 0.409 e. The van der Waals surface area contributed by atoms with Gasteiger partial charge in [-0.1, -0.05) is 20.8 Å². The molecule has 13 heteroatoms. The summed E-state index contributed by atoms with van der Waals surface area (Å²) in [6.45, 7) is 21.8. The number of nitrogens with zero attached hydrogens (tertiary/aromatic N) is 4. The van der Waals surface area contributed by atoms with Gasteiger partial charge in [0, 0.05) is 6.42 Å². The van der Waals surface area contributed by atoms with Gasteiger partial charge in [0.15, 0.2) is 26.0 Å². The first-order valence-corrected chi connectivity index (χ1v) is 17.0. The number of rotatable bonds is 8.